The average molecular weight is 527 g/mol. The van der Waals surface area contributed by atoms with Crippen LogP contribution in [0.1, 0.15) is 24.8 Å². The van der Waals surface area contributed by atoms with Gasteiger partial charge < -0.3 is 21.1 Å². The predicted molar refractivity (Wildman–Crippen MR) is 138 cm³/mol. The van der Waals surface area contributed by atoms with Crippen LogP contribution in [-0.4, -0.2) is 74.0 Å². The van der Waals surface area contributed by atoms with E-state index < -0.39 is 17.8 Å². The van der Waals surface area contributed by atoms with E-state index in [2.05, 4.69) is 20.4 Å². The molecule has 38 heavy (non-hydrogen) atoms. The number of aryl methyl sites for hydroxylation is 1. The van der Waals surface area contributed by atoms with Crippen molar-refractivity contribution in [3.05, 3.63) is 54.1 Å². The summed E-state index contributed by atoms with van der Waals surface area (Å²) in [5.74, 6) is -1.39. The number of nitrogens with one attached hydrogen (secondary N) is 1. The van der Waals surface area contributed by atoms with Crippen molar-refractivity contribution in [1.29, 1.82) is 0 Å². The molecule has 1 amide bonds. The number of benzene rings is 1. The van der Waals surface area contributed by atoms with Gasteiger partial charge in [0.1, 0.15) is 12.1 Å². The number of likely N-dealkylation sites (tertiary alicyclic amines) is 1. The van der Waals surface area contributed by atoms with Gasteiger partial charge in [0, 0.05) is 56.0 Å². The molecule has 1 aliphatic heterocycles. The Hall–Kier alpha value is -3.64. The van der Waals surface area contributed by atoms with Crippen molar-refractivity contribution in [1.82, 2.24) is 24.6 Å². The van der Waals surface area contributed by atoms with Crippen LogP contribution in [0, 0.1) is 17.6 Å². The number of primary amides is 1. The van der Waals surface area contributed by atoms with E-state index >= 15 is 8.78 Å². The molecule has 2 aliphatic rings. The van der Waals surface area contributed by atoms with Crippen molar-refractivity contribution in [3.8, 4) is 11.1 Å². The lowest BCUT2D eigenvalue weighted by Gasteiger charge is -2.35. The van der Waals surface area contributed by atoms with Crippen molar-refractivity contribution in [2.24, 2.45) is 18.7 Å². The smallest absolute Gasteiger partial charge is 0.231 e. The Morgan fingerprint density at radius 1 is 1.24 bits per heavy atom. The summed E-state index contributed by atoms with van der Waals surface area (Å²) in [7, 11) is 1.80. The molecule has 5 rings (SSSR count). The number of amides is 1. The first-order valence-electron chi connectivity index (χ1n) is 12.8. The molecular formula is C26H32F2N8O2. The number of hydrogen-bond acceptors (Lipinski definition) is 8. The summed E-state index contributed by atoms with van der Waals surface area (Å²) < 4.78 is 32.4. The topological polar surface area (TPSA) is 125 Å². The first-order chi connectivity index (χ1) is 18.3. The van der Waals surface area contributed by atoms with Gasteiger partial charge in [-0.25, -0.2) is 14.4 Å². The van der Waals surface area contributed by atoms with E-state index in [1.807, 2.05) is 17.2 Å². The highest BCUT2D eigenvalue weighted by molar-refractivity contribution is 5.75. The highest BCUT2D eigenvalue weighted by Gasteiger charge is 2.34. The molecule has 2 fully saturated rings. The van der Waals surface area contributed by atoms with Gasteiger partial charge in [0.05, 0.1) is 18.8 Å². The number of carbonyl (C=O) groups excluding carboxylic acids is 1. The van der Waals surface area contributed by atoms with E-state index in [-0.39, 0.29) is 42.5 Å². The normalized spacial score (nSPS) is 19.9. The number of nitrogens with two attached hydrogens (primary N) is 1. The van der Waals surface area contributed by atoms with Crippen LogP contribution in [0.15, 0.2) is 36.9 Å². The van der Waals surface area contributed by atoms with Crippen molar-refractivity contribution < 1.29 is 18.7 Å². The van der Waals surface area contributed by atoms with Gasteiger partial charge in [-0.05, 0) is 37.4 Å². The van der Waals surface area contributed by atoms with Gasteiger partial charge in [0.2, 0.25) is 11.7 Å². The molecule has 1 saturated heterocycles. The fraction of sp³-hybridized carbons (Fsp3) is 0.462. The van der Waals surface area contributed by atoms with Crippen LogP contribution in [0.25, 0.3) is 11.1 Å². The number of aliphatic hydroxyl groups is 1. The molecule has 3 heterocycles. The fourth-order valence-corrected chi connectivity index (χ4v) is 4.93. The molecule has 0 bridgehead atoms. The molecule has 10 nitrogen and oxygen atoms in total. The standard InChI is InChI=1S/C26H32F2N8O2/c1-34-11-19(10-33-34)16-2-3-18(21(27)8-16)12-36(20-4-5-20)26-24(28)25(31-15-32-26)30-9-17-6-7-35(13-22(17)37)14-23(29)38/h2-3,8,10-11,15,17,20,22,37H,4-7,9,12-14H2,1H3,(H2,29,38)(H,30,31,32)/t17-,22+/m0/s1. The first kappa shape index (κ1) is 26.0. The number of aromatic nitrogens is 4. The van der Waals surface area contributed by atoms with Crippen LogP contribution < -0.4 is 16.0 Å². The van der Waals surface area contributed by atoms with E-state index in [0.29, 0.717) is 31.6 Å². The molecular weight excluding hydrogens is 494 g/mol. The summed E-state index contributed by atoms with van der Waals surface area (Å²) in [6.07, 6.45) is 6.49. The molecule has 12 heteroatoms. The Morgan fingerprint density at radius 2 is 2.05 bits per heavy atom. The molecule has 4 N–H and O–H groups in total. The number of nitrogens with zero attached hydrogens (tertiary/aromatic N) is 6. The molecule has 1 aromatic carbocycles. The minimum atomic E-state index is -0.680. The minimum absolute atomic E-state index is 0.0415. The second-order valence-corrected chi connectivity index (χ2v) is 10.1. The summed E-state index contributed by atoms with van der Waals surface area (Å²) in [6.45, 7) is 1.53. The predicted octanol–water partition coefficient (Wildman–Crippen LogP) is 1.90. The van der Waals surface area contributed by atoms with Gasteiger partial charge in [-0.15, -0.1) is 0 Å². The van der Waals surface area contributed by atoms with Gasteiger partial charge in [-0.1, -0.05) is 12.1 Å². The van der Waals surface area contributed by atoms with Gasteiger partial charge in [0.15, 0.2) is 11.6 Å². The van der Waals surface area contributed by atoms with Crippen LogP contribution >= 0.6 is 0 Å². The Balaban J connectivity index is 1.27. The maximum Gasteiger partial charge on any atom is 0.231 e. The quantitative estimate of drug-likeness (QED) is 0.366. The maximum absolute atomic E-state index is 15.6. The average Bonchev–Trinajstić information content (AvgIpc) is 3.63. The number of anilines is 2. The third-order valence-electron chi connectivity index (χ3n) is 7.18. The van der Waals surface area contributed by atoms with Crippen LogP contribution in [0.3, 0.4) is 0 Å². The number of halogens is 2. The van der Waals surface area contributed by atoms with Gasteiger partial charge in [0.25, 0.3) is 0 Å². The van der Waals surface area contributed by atoms with Gasteiger partial charge >= 0.3 is 0 Å². The SMILES string of the molecule is Cn1cc(-c2ccc(CN(c3ncnc(NC[C@@H]4CCN(CC(N)=O)C[C@H]4O)c3F)C3CC3)c(F)c2)cn1. The van der Waals surface area contributed by atoms with Crippen LogP contribution in [0.2, 0.25) is 0 Å². The zero-order valence-electron chi connectivity index (χ0n) is 21.2. The molecule has 0 spiro atoms. The second-order valence-electron chi connectivity index (χ2n) is 10.1. The molecule has 0 unspecified atom stereocenters. The lowest BCUT2D eigenvalue weighted by Crippen LogP contribution is -2.48. The zero-order valence-corrected chi connectivity index (χ0v) is 21.2. The molecule has 202 valence electrons. The molecule has 2 atom stereocenters. The largest absolute Gasteiger partial charge is 0.391 e. The van der Waals surface area contributed by atoms with Crippen LogP contribution in [0.5, 0.6) is 0 Å². The highest BCUT2D eigenvalue weighted by atomic mass is 19.1. The zero-order chi connectivity index (χ0) is 26.8. The van der Waals surface area contributed by atoms with E-state index in [1.54, 1.807) is 28.9 Å². The van der Waals surface area contributed by atoms with E-state index in [4.69, 9.17) is 5.73 Å². The number of rotatable bonds is 10. The van der Waals surface area contributed by atoms with Crippen molar-refractivity contribution >= 4 is 17.5 Å². The summed E-state index contributed by atoms with van der Waals surface area (Å²) in [5, 5.41) is 17.7. The highest BCUT2D eigenvalue weighted by Crippen LogP contribution is 2.35. The van der Waals surface area contributed by atoms with E-state index in [0.717, 1.165) is 24.0 Å². The van der Waals surface area contributed by atoms with Gasteiger partial charge in [-0.2, -0.15) is 9.49 Å². The van der Waals surface area contributed by atoms with Crippen molar-refractivity contribution in [3.63, 3.8) is 0 Å². The third kappa shape index (κ3) is 5.91. The summed E-state index contributed by atoms with van der Waals surface area (Å²) >= 11 is 0. The summed E-state index contributed by atoms with van der Waals surface area (Å²) in [4.78, 5) is 23.0. The number of piperidine rings is 1. The Kier molecular flexibility index (Phi) is 7.52. The summed E-state index contributed by atoms with van der Waals surface area (Å²) in [6, 6.07) is 5.10. The molecule has 3 aromatic rings. The van der Waals surface area contributed by atoms with E-state index in [9.17, 15) is 9.90 Å². The number of carbonyl (C=O) groups is 1. The second kappa shape index (κ2) is 11.0. The lowest BCUT2D eigenvalue weighted by molar-refractivity contribution is -0.120. The monoisotopic (exact) mass is 526 g/mol. The van der Waals surface area contributed by atoms with Crippen molar-refractivity contribution in [2.45, 2.75) is 38.0 Å². The Bertz CT molecular complexity index is 1300. The Labute approximate surface area is 219 Å². The summed E-state index contributed by atoms with van der Waals surface area (Å²) in [5.41, 5.74) is 7.24. The third-order valence-corrected chi connectivity index (χ3v) is 7.18. The van der Waals surface area contributed by atoms with E-state index in [1.165, 1.54) is 12.4 Å². The number of hydrogen-bond donors (Lipinski definition) is 3. The van der Waals surface area contributed by atoms with Crippen molar-refractivity contribution in [2.75, 3.05) is 36.4 Å². The van der Waals surface area contributed by atoms with Crippen LogP contribution in [-0.2, 0) is 18.4 Å². The Morgan fingerprint density at radius 3 is 2.71 bits per heavy atom. The molecule has 1 saturated carbocycles. The number of aliphatic hydroxyl groups excluding tert-OH is 1. The maximum atomic E-state index is 15.6. The molecule has 0 radical (unpaired) electrons. The minimum Gasteiger partial charge on any atom is -0.391 e. The van der Waals surface area contributed by atoms with Crippen LogP contribution in [0.4, 0.5) is 20.4 Å². The van der Waals surface area contributed by atoms with Gasteiger partial charge in [-0.3, -0.25) is 14.4 Å². The first-order valence-corrected chi connectivity index (χ1v) is 12.8. The molecule has 2 aromatic heterocycles. The molecule has 1 aliphatic carbocycles. The number of β-amino-alcohol motifs (C(OH)–C–C–N with tert-alkyl or cyclic N) is 1. The lowest BCUT2D eigenvalue weighted by atomic mass is 9.93. The fourth-order valence-electron chi connectivity index (χ4n) is 4.93.